The summed E-state index contributed by atoms with van der Waals surface area (Å²) >= 11 is 0. The van der Waals surface area contributed by atoms with Gasteiger partial charge in [0.25, 0.3) is 0 Å². The molecule has 0 radical (unpaired) electrons. The third kappa shape index (κ3) is 6.32. The van der Waals surface area contributed by atoms with E-state index in [2.05, 4.69) is 5.73 Å². The van der Waals surface area contributed by atoms with Crippen LogP contribution in [0.15, 0.2) is 42.5 Å². The van der Waals surface area contributed by atoms with Crippen LogP contribution < -0.4 is 20.7 Å². The van der Waals surface area contributed by atoms with Crippen molar-refractivity contribution in [3.05, 3.63) is 53.6 Å². The number of alkyl halides is 8. The second kappa shape index (κ2) is 9.78. The molecule has 2 atom stereocenters. The summed E-state index contributed by atoms with van der Waals surface area (Å²) < 4.78 is 116. The van der Waals surface area contributed by atoms with E-state index in [0.717, 1.165) is 12.1 Å². The van der Waals surface area contributed by atoms with Crippen LogP contribution in [0.25, 0.3) is 0 Å². The average molecular weight is 524 g/mol. The molecule has 1 aliphatic rings. The Morgan fingerprint density at radius 1 is 1.11 bits per heavy atom. The summed E-state index contributed by atoms with van der Waals surface area (Å²) in [5.41, 5.74) is 1.73. The van der Waals surface area contributed by atoms with E-state index in [1.165, 1.54) is 30.3 Å². The smallest absolute Gasteiger partial charge is 0.433 e. The molecule has 1 heterocycles. The monoisotopic (exact) mass is 524 g/mol. The second-order valence-electron chi connectivity index (χ2n) is 7.56. The van der Waals surface area contributed by atoms with Crippen LogP contribution in [0.1, 0.15) is 11.1 Å². The number of nitrogens with zero attached hydrogens (tertiary/aromatic N) is 2. The largest absolute Gasteiger partial charge is 0.491 e. The predicted molar refractivity (Wildman–Crippen MR) is 108 cm³/mol. The van der Waals surface area contributed by atoms with Gasteiger partial charge < -0.3 is 19.7 Å². The molecule has 1 aliphatic heterocycles. The summed E-state index contributed by atoms with van der Waals surface area (Å²) in [7, 11) is 0. The molecule has 0 aromatic heterocycles. The van der Waals surface area contributed by atoms with Crippen LogP contribution >= 0.6 is 0 Å². The summed E-state index contributed by atoms with van der Waals surface area (Å²) in [5.74, 6) is -1.68. The summed E-state index contributed by atoms with van der Waals surface area (Å²) in [4.78, 5) is 11.8. The normalized spacial score (nSPS) is 18.6. The number of rotatable bonds is 6. The van der Waals surface area contributed by atoms with E-state index in [-0.39, 0.29) is 11.4 Å². The van der Waals surface area contributed by atoms with Crippen LogP contribution in [0, 0.1) is 11.3 Å². The molecule has 0 aliphatic carbocycles. The predicted octanol–water partition coefficient (Wildman–Crippen LogP) is 4.24. The number of carbonyl (C=O) groups is 1. The first-order valence-electron chi connectivity index (χ1n) is 9.91. The number of nitriles is 1. The highest BCUT2D eigenvalue weighted by Gasteiger charge is 2.51. The zero-order valence-electron chi connectivity index (χ0n) is 17.8. The average Bonchev–Trinajstić information content (AvgIpc) is 3.22. The van der Waals surface area contributed by atoms with Crippen molar-refractivity contribution in [1.82, 2.24) is 0 Å². The van der Waals surface area contributed by atoms with Crippen LogP contribution in [0.2, 0.25) is 0 Å². The first kappa shape index (κ1) is 27.0. The maximum atomic E-state index is 13.6. The number of amides is 1. The minimum atomic E-state index is -4.97. The van der Waals surface area contributed by atoms with Crippen molar-refractivity contribution in [2.24, 2.45) is 5.73 Å². The molecular formula is C21H16F8N4O3. The SMILES string of the molecule is N#Cc1ccc(N2C[C@@H](COc3ccc(NC(=O)C(N)(F)F)cc3)O[C@@H]2C(F)(F)F)cc1C(F)(F)F. The lowest BCUT2D eigenvalue weighted by molar-refractivity contribution is -0.215. The molecule has 0 saturated carbocycles. The van der Waals surface area contributed by atoms with Crippen LogP contribution in [0.4, 0.5) is 46.5 Å². The van der Waals surface area contributed by atoms with E-state index in [0.29, 0.717) is 11.0 Å². The number of ether oxygens (including phenoxy) is 2. The quantitative estimate of drug-likeness (QED) is 0.433. The zero-order valence-corrected chi connectivity index (χ0v) is 17.8. The van der Waals surface area contributed by atoms with Crippen molar-refractivity contribution in [3.63, 3.8) is 0 Å². The molecule has 7 nitrogen and oxygen atoms in total. The Balaban J connectivity index is 1.72. The van der Waals surface area contributed by atoms with Crippen molar-refractivity contribution in [2.45, 2.75) is 30.7 Å². The fraction of sp³-hybridized carbons (Fsp3) is 0.333. The number of benzene rings is 2. The molecule has 0 spiro atoms. The summed E-state index contributed by atoms with van der Waals surface area (Å²) in [5, 5.41) is 10.7. The third-order valence-corrected chi connectivity index (χ3v) is 4.90. The Hall–Kier alpha value is -3.64. The Morgan fingerprint density at radius 3 is 2.28 bits per heavy atom. The molecule has 2 aromatic rings. The van der Waals surface area contributed by atoms with Gasteiger partial charge in [0.1, 0.15) is 18.5 Å². The minimum absolute atomic E-state index is 0.0563. The molecule has 15 heteroatoms. The number of nitrogens with one attached hydrogen (secondary N) is 1. The van der Waals surface area contributed by atoms with Crippen molar-refractivity contribution in [2.75, 3.05) is 23.4 Å². The van der Waals surface area contributed by atoms with E-state index in [1.54, 1.807) is 0 Å². The van der Waals surface area contributed by atoms with Gasteiger partial charge in [-0.1, -0.05) is 0 Å². The number of hydrogen-bond acceptors (Lipinski definition) is 6. The van der Waals surface area contributed by atoms with Crippen LogP contribution in [-0.4, -0.2) is 43.6 Å². The molecule has 0 unspecified atom stereocenters. The zero-order chi connectivity index (χ0) is 26.9. The van der Waals surface area contributed by atoms with Gasteiger partial charge in [-0.3, -0.25) is 10.5 Å². The first-order valence-corrected chi connectivity index (χ1v) is 9.91. The lowest BCUT2D eigenvalue weighted by Crippen LogP contribution is -2.42. The lowest BCUT2D eigenvalue weighted by atomic mass is 10.1. The first-order chi connectivity index (χ1) is 16.6. The maximum Gasteiger partial charge on any atom is 0.433 e. The van der Waals surface area contributed by atoms with Crippen molar-refractivity contribution in [1.29, 1.82) is 5.26 Å². The molecule has 2 aromatic carbocycles. The summed E-state index contributed by atoms with van der Waals surface area (Å²) in [6.45, 7) is -0.939. The van der Waals surface area contributed by atoms with Gasteiger partial charge in [0.15, 0.2) is 0 Å². The van der Waals surface area contributed by atoms with E-state index in [9.17, 15) is 39.9 Å². The number of nitrogens with two attached hydrogens (primary N) is 1. The highest BCUT2D eigenvalue weighted by atomic mass is 19.4. The van der Waals surface area contributed by atoms with E-state index < -0.39 is 66.6 Å². The van der Waals surface area contributed by atoms with Crippen LogP contribution in [-0.2, 0) is 15.7 Å². The third-order valence-electron chi connectivity index (χ3n) is 4.90. The van der Waals surface area contributed by atoms with Gasteiger partial charge in [0, 0.05) is 11.4 Å². The fourth-order valence-electron chi connectivity index (χ4n) is 3.28. The number of anilines is 2. The van der Waals surface area contributed by atoms with Gasteiger partial charge in [-0.25, -0.2) is 0 Å². The number of carbonyl (C=O) groups excluding carboxylic acids is 1. The molecule has 0 bridgehead atoms. The Morgan fingerprint density at radius 2 is 1.75 bits per heavy atom. The number of halogens is 8. The lowest BCUT2D eigenvalue weighted by Gasteiger charge is -2.27. The van der Waals surface area contributed by atoms with Crippen LogP contribution in [0.3, 0.4) is 0 Å². The summed E-state index contributed by atoms with van der Waals surface area (Å²) in [6.07, 6.45) is -13.7. The summed E-state index contributed by atoms with van der Waals surface area (Å²) in [6, 6.07) is 4.23. The van der Waals surface area contributed by atoms with Gasteiger partial charge in [0.05, 0.1) is 23.7 Å². The molecule has 3 N–H and O–H groups in total. The molecule has 1 amide bonds. The Kier molecular flexibility index (Phi) is 7.32. The van der Waals surface area contributed by atoms with E-state index in [4.69, 9.17) is 14.7 Å². The topological polar surface area (TPSA) is 101 Å². The van der Waals surface area contributed by atoms with Crippen molar-refractivity contribution >= 4 is 17.3 Å². The van der Waals surface area contributed by atoms with Gasteiger partial charge >= 0.3 is 24.3 Å². The second-order valence-corrected chi connectivity index (χ2v) is 7.56. The maximum absolute atomic E-state index is 13.6. The van der Waals surface area contributed by atoms with Gasteiger partial charge in [-0.15, -0.1) is 0 Å². The van der Waals surface area contributed by atoms with Crippen molar-refractivity contribution < 1.29 is 49.4 Å². The standard InChI is InChI=1S/C21H16F8N4O3/c22-19(23,24)16-7-13(4-1-11(16)8-30)33-9-15(36-18(33)20(25,26)27)10-35-14-5-2-12(3-6-14)32-17(34)21(28,29)31/h1-7,15,18H,9-10,31H2,(H,32,34)/t15-,18+/m0/s1. The van der Waals surface area contributed by atoms with E-state index >= 15 is 0 Å². The van der Waals surface area contributed by atoms with E-state index in [1.807, 2.05) is 5.32 Å². The fourth-order valence-corrected chi connectivity index (χ4v) is 3.28. The van der Waals surface area contributed by atoms with Gasteiger partial charge in [-0.05, 0) is 42.5 Å². The highest BCUT2D eigenvalue weighted by molar-refractivity contribution is 5.95. The molecule has 194 valence electrons. The molecular weight excluding hydrogens is 508 g/mol. The van der Waals surface area contributed by atoms with Gasteiger partial charge in [0.2, 0.25) is 6.23 Å². The minimum Gasteiger partial charge on any atom is -0.491 e. The highest BCUT2D eigenvalue weighted by Crippen LogP contribution is 2.39. The molecule has 3 rings (SSSR count). The van der Waals surface area contributed by atoms with Crippen molar-refractivity contribution in [3.8, 4) is 11.8 Å². The van der Waals surface area contributed by atoms with Gasteiger partial charge in [-0.2, -0.15) is 40.4 Å². The number of hydrogen-bond donors (Lipinski definition) is 2. The Labute approximate surface area is 198 Å². The van der Waals surface area contributed by atoms with Crippen LogP contribution in [0.5, 0.6) is 5.75 Å². The molecule has 1 saturated heterocycles. The molecule has 1 fully saturated rings. The Bertz CT molecular complexity index is 1140. The molecule has 36 heavy (non-hydrogen) atoms.